The van der Waals surface area contributed by atoms with Gasteiger partial charge in [0.1, 0.15) is 4.70 Å². The highest BCUT2D eigenvalue weighted by Crippen LogP contribution is 2.26. The lowest BCUT2D eigenvalue weighted by atomic mass is 10.2. The van der Waals surface area contributed by atoms with Crippen molar-refractivity contribution in [2.24, 2.45) is 0 Å². The molecule has 1 aliphatic heterocycles. The Morgan fingerprint density at radius 1 is 1.38 bits per heavy atom. The molecule has 0 radical (unpaired) electrons. The molecular weight excluding hydrogens is 470 g/mol. The van der Waals surface area contributed by atoms with Gasteiger partial charge in [-0.25, -0.2) is 0 Å². The number of amides is 1. The van der Waals surface area contributed by atoms with Gasteiger partial charge in [-0.1, -0.05) is 29.4 Å². The molecule has 0 unspecified atom stereocenters. The lowest BCUT2D eigenvalue weighted by Crippen LogP contribution is -2.28. The van der Waals surface area contributed by atoms with Gasteiger partial charge < -0.3 is 10.1 Å². The van der Waals surface area contributed by atoms with Crippen LogP contribution in [-0.2, 0) is 16.1 Å². The lowest BCUT2D eigenvalue weighted by molar-refractivity contribution is -0.113. The number of thiophene rings is 1. The zero-order valence-corrected chi connectivity index (χ0v) is 19.6. The maximum absolute atomic E-state index is 13.1. The summed E-state index contributed by atoms with van der Waals surface area (Å²) in [7, 11) is 0. The van der Waals surface area contributed by atoms with E-state index in [1.165, 1.54) is 23.1 Å². The molecule has 8 nitrogen and oxygen atoms in total. The van der Waals surface area contributed by atoms with Crippen molar-refractivity contribution < 1.29 is 9.53 Å². The SMILES string of the molecule is Cc1ccc(NC(=O)CSc2nnc3n(C[C@H]4CCCO4)c(=O)c4sccc4n23)c(Cl)c1. The minimum atomic E-state index is -0.202. The van der Waals surface area contributed by atoms with Crippen molar-refractivity contribution in [2.75, 3.05) is 17.7 Å². The summed E-state index contributed by atoms with van der Waals surface area (Å²) in [5.74, 6) is 0.384. The van der Waals surface area contributed by atoms with E-state index in [2.05, 4.69) is 15.5 Å². The van der Waals surface area contributed by atoms with Crippen LogP contribution in [0.3, 0.4) is 0 Å². The van der Waals surface area contributed by atoms with E-state index >= 15 is 0 Å². The molecule has 32 heavy (non-hydrogen) atoms. The third kappa shape index (κ3) is 4.03. The van der Waals surface area contributed by atoms with Crippen LogP contribution in [0.5, 0.6) is 0 Å². The zero-order valence-electron chi connectivity index (χ0n) is 17.2. The number of fused-ring (bicyclic) bond motifs is 3. The lowest BCUT2D eigenvalue weighted by Gasteiger charge is -2.13. The predicted octanol–water partition coefficient (Wildman–Crippen LogP) is 3.98. The molecule has 1 amide bonds. The van der Waals surface area contributed by atoms with Crippen LogP contribution in [-0.4, -0.2) is 43.5 Å². The summed E-state index contributed by atoms with van der Waals surface area (Å²) in [4.78, 5) is 25.6. The van der Waals surface area contributed by atoms with Gasteiger partial charge in [-0.05, 0) is 48.9 Å². The highest BCUT2D eigenvalue weighted by molar-refractivity contribution is 7.99. The van der Waals surface area contributed by atoms with Crippen molar-refractivity contribution in [3.05, 3.63) is 50.6 Å². The van der Waals surface area contributed by atoms with Crippen molar-refractivity contribution >= 4 is 62.3 Å². The summed E-state index contributed by atoms with van der Waals surface area (Å²) in [6, 6.07) is 7.36. The first-order chi connectivity index (χ1) is 15.5. The van der Waals surface area contributed by atoms with E-state index in [-0.39, 0.29) is 23.3 Å². The summed E-state index contributed by atoms with van der Waals surface area (Å²) in [5, 5.41) is 14.3. The summed E-state index contributed by atoms with van der Waals surface area (Å²) < 4.78 is 9.85. The van der Waals surface area contributed by atoms with Crippen molar-refractivity contribution in [1.29, 1.82) is 0 Å². The molecule has 3 aromatic heterocycles. The van der Waals surface area contributed by atoms with Gasteiger partial charge in [-0.2, -0.15) is 0 Å². The average molecular weight is 490 g/mol. The number of thioether (sulfide) groups is 1. The molecule has 1 saturated heterocycles. The van der Waals surface area contributed by atoms with Gasteiger partial charge in [0, 0.05) is 6.61 Å². The van der Waals surface area contributed by atoms with Crippen LogP contribution in [0.2, 0.25) is 5.02 Å². The molecule has 1 aliphatic rings. The maximum atomic E-state index is 13.1. The van der Waals surface area contributed by atoms with Gasteiger partial charge in [-0.15, -0.1) is 21.5 Å². The summed E-state index contributed by atoms with van der Waals surface area (Å²) in [6.07, 6.45) is 1.90. The summed E-state index contributed by atoms with van der Waals surface area (Å²) in [6.45, 7) is 3.09. The van der Waals surface area contributed by atoms with E-state index in [9.17, 15) is 9.59 Å². The average Bonchev–Trinajstić information content (AvgIpc) is 3.52. The molecule has 1 fully saturated rings. The number of carbonyl (C=O) groups excluding carboxylic acids is 1. The van der Waals surface area contributed by atoms with Crippen LogP contribution in [0.4, 0.5) is 5.69 Å². The molecule has 0 bridgehead atoms. The minimum Gasteiger partial charge on any atom is -0.376 e. The number of nitrogens with zero attached hydrogens (tertiary/aromatic N) is 4. The Bertz CT molecular complexity index is 1370. The minimum absolute atomic E-state index is 0.00764. The molecule has 1 aromatic carbocycles. The number of ether oxygens (including phenoxy) is 1. The van der Waals surface area contributed by atoms with Gasteiger partial charge >= 0.3 is 0 Å². The van der Waals surface area contributed by atoms with Gasteiger partial charge in [0.2, 0.25) is 11.7 Å². The first-order valence-corrected chi connectivity index (χ1v) is 12.4. The van der Waals surface area contributed by atoms with Crippen LogP contribution >= 0.6 is 34.7 Å². The Morgan fingerprint density at radius 3 is 3.03 bits per heavy atom. The number of aromatic nitrogens is 4. The number of aryl methyl sites for hydroxylation is 1. The maximum Gasteiger partial charge on any atom is 0.272 e. The van der Waals surface area contributed by atoms with Crippen LogP contribution in [0, 0.1) is 6.92 Å². The highest BCUT2D eigenvalue weighted by Gasteiger charge is 2.23. The van der Waals surface area contributed by atoms with Crippen LogP contribution in [0.25, 0.3) is 16.0 Å². The van der Waals surface area contributed by atoms with Crippen molar-refractivity contribution in [3.8, 4) is 0 Å². The Balaban J connectivity index is 1.42. The second-order valence-corrected chi connectivity index (χ2v) is 9.89. The smallest absolute Gasteiger partial charge is 0.272 e. The first-order valence-electron chi connectivity index (χ1n) is 10.2. The monoisotopic (exact) mass is 489 g/mol. The van der Waals surface area contributed by atoms with E-state index in [4.69, 9.17) is 16.3 Å². The Kier molecular flexibility index (Phi) is 5.93. The van der Waals surface area contributed by atoms with E-state index in [0.717, 1.165) is 23.9 Å². The molecule has 0 saturated carbocycles. The normalized spacial score (nSPS) is 16.2. The second-order valence-electron chi connectivity index (χ2n) is 7.62. The number of carbonyl (C=O) groups is 1. The molecule has 11 heteroatoms. The molecule has 166 valence electrons. The third-order valence-electron chi connectivity index (χ3n) is 5.32. The largest absolute Gasteiger partial charge is 0.376 e. The van der Waals surface area contributed by atoms with Crippen molar-refractivity contribution in [1.82, 2.24) is 19.2 Å². The molecular formula is C21H20ClN5O3S2. The zero-order chi connectivity index (χ0) is 22.2. The molecule has 5 rings (SSSR count). The van der Waals surface area contributed by atoms with Crippen LogP contribution < -0.4 is 10.9 Å². The quantitative estimate of drug-likeness (QED) is 0.412. The standard InChI is InChI=1S/C21H20ClN5O3S2/c1-12-4-5-15(14(22)9-12)23-17(28)11-32-21-25-24-20-26(10-13-3-2-7-30-13)19(29)18-16(27(20)21)6-8-31-18/h4-6,8-9,13H,2-3,7,10-11H2,1H3,(H,23,28)/t13-/m1/s1. The predicted molar refractivity (Wildman–Crippen MR) is 127 cm³/mol. The molecule has 4 heterocycles. The van der Waals surface area contributed by atoms with E-state index in [0.29, 0.717) is 39.5 Å². The van der Waals surface area contributed by atoms with Gasteiger partial charge in [0.05, 0.1) is 34.6 Å². The van der Waals surface area contributed by atoms with Crippen LogP contribution in [0.1, 0.15) is 18.4 Å². The molecule has 0 aliphatic carbocycles. The van der Waals surface area contributed by atoms with E-state index in [1.807, 2.05) is 28.8 Å². The second kappa shape index (κ2) is 8.86. The topological polar surface area (TPSA) is 90.5 Å². The number of benzene rings is 1. The Hall–Kier alpha value is -2.40. The summed E-state index contributed by atoms with van der Waals surface area (Å²) >= 11 is 8.87. The Labute approximate surface area is 196 Å². The van der Waals surface area contributed by atoms with Crippen LogP contribution in [0.15, 0.2) is 39.6 Å². The van der Waals surface area contributed by atoms with Crippen molar-refractivity contribution in [2.45, 2.75) is 37.6 Å². The van der Waals surface area contributed by atoms with Crippen molar-refractivity contribution in [3.63, 3.8) is 0 Å². The number of hydrogen-bond acceptors (Lipinski definition) is 7. The number of anilines is 1. The van der Waals surface area contributed by atoms with E-state index in [1.54, 1.807) is 16.7 Å². The number of rotatable bonds is 6. The number of hydrogen-bond donors (Lipinski definition) is 1. The highest BCUT2D eigenvalue weighted by atomic mass is 35.5. The number of nitrogens with one attached hydrogen (secondary N) is 1. The van der Waals surface area contributed by atoms with Gasteiger partial charge in [-0.3, -0.25) is 18.6 Å². The van der Waals surface area contributed by atoms with Gasteiger partial charge in [0.25, 0.3) is 5.56 Å². The molecule has 0 spiro atoms. The Morgan fingerprint density at radius 2 is 2.25 bits per heavy atom. The van der Waals surface area contributed by atoms with Gasteiger partial charge in [0.15, 0.2) is 5.16 Å². The fourth-order valence-corrected chi connectivity index (χ4v) is 5.63. The molecule has 1 atom stereocenters. The fraction of sp³-hybridized carbons (Fsp3) is 0.333. The fourth-order valence-electron chi connectivity index (χ4n) is 3.79. The molecule has 1 N–H and O–H groups in total. The van der Waals surface area contributed by atoms with E-state index < -0.39 is 0 Å². The third-order valence-corrected chi connectivity index (χ3v) is 7.46. The molecule has 4 aromatic rings. The first kappa shape index (κ1) is 21.4. The summed E-state index contributed by atoms with van der Waals surface area (Å²) in [5.41, 5.74) is 2.24. The number of halogens is 1.